The minimum atomic E-state index is -1.21. The highest BCUT2D eigenvalue weighted by Gasteiger charge is 2.48. The molecule has 5 amide bonds. The molecule has 0 unspecified atom stereocenters. The van der Waals surface area contributed by atoms with Crippen molar-refractivity contribution >= 4 is 41.1 Å². The smallest absolute Gasteiger partial charge is 0.411 e. The summed E-state index contributed by atoms with van der Waals surface area (Å²) in [4.78, 5) is 80.0. The number of amides is 5. The molecule has 2 fully saturated rings. The van der Waals surface area contributed by atoms with Gasteiger partial charge in [-0.3, -0.25) is 24.1 Å². The first kappa shape index (κ1) is 50.6. The number of hydrogen-bond acceptors (Lipinski definition) is 10. The Hall–Kier alpha value is -4.08. The summed E-state index contributed by atoms with van der Waals surface area (Å²) in [7, 11) is 4.86. The standard InChI is InChI=1S/C47H74N6O8S/c1-13-31(4)39(51(10)43(56)38(30(2)3)50-44(57)47(9)23-17-18-26-53(47)45(58)61-46(6,7)8)36(59-11)29-37(54)52-25-19-22-35(52)40(60-12)32(5)41(55)49-34(42-48-24-27-62-42)28-33-20-15-14-16-21-33/h14-16,20-21,24,27,30-32,34-36,38-40H,13,17-19,22-23,25-26,28-29H2,1-12H3,(H,49,55)(H,50,57)/t31-,32+,34-,35-,36+,38-,39-,40+,47+/m0/s1. The third-order valence-electron chi connectivity index (χ3n) is 12.8. The SMILES string of the molecule is CC[C@H](C)[C@@H]([C@@H](CC(=O)N1CCC[C@H]1[C@H](OC)[C@@H](C)C(=O)N[C@@H](Cc1ccccc1)c1nccs1)OC)N(C)C(=O)[C@@H](NC(=O)[C@@]1(C)CCCCN1C(=O)OC(C)(C)C)C(C)C. The summed E-state index contributed by atoms with van der Waals surface area (Å²) in [6, 6.07) is 7.89. The van der Waals surface area contributed by atoms with Crippen LogP contribution in [0.25, 0.3) is 0 Å². The lowest BCUT2D eigenvalue weighted by Crippen LogP contribution is -2.65. The Kier molecular flexibility index (Phi) is 18.4. The van der Waals surface area contributed by atoms with E-state index in [0.717, 1.165) is 29.8 Å². The molecule has 2 aliphatic rings. The third-order valence-corrected chi connectivity index (χ3v) is 13.7. The fourth-order valence-corrected chi connectivity index (χ4v) is 9.75. The van der Waals surface area contributed by atoms with E-state index < -0.39 is 53.3 Å². The first-order chi connectivity index (χ1) is 29.3. The van der Waals surface area contributed by atoms with E-state index in [-0.39, 0.29) is 48.1 Å². The van der Waals surface area contributed by atoms with E-state index in [1.165, 1.54) is 16.2 Å². The van der Waals surface area contributed by atoms with Crippen LogP contribution in [0.3, 0.4) is 0 Å². The third kappa shape index (κ3) is 12.6. The number of piperidine rings is 1. The number of aromatic nitrogens is 1. The molecule has 2 aromatic rings. The molecule has 0 spiro atoms. The van der Waals surface area contributed by atoms with E-state index in [0.29, 0.717) is 38.8 Å². The topological polar surface area (TPSA) is 160 Å². The van der Waals surface area contributed by atoms with Gasteiger partial charge in [-0.2, -0.15) is 0 Å². The van der Waals surface area contributed by atoms with Crippen molar-refractivity contribution in [3.05, 3.63) is 52.5 Å². The van der Waals surface area contributed by atoms with Crippen molar-refractivity contribution in [2.24, 2.45) is 17.8 Å². The number of carbonyl (C=O) groups excluding carboxylic acids is 5. The van der Waals surface area contributed by atoms with Crippen molar-refractivity contribution in [2.75, 3.05) is 34.4 Å². The monoisotopic (exact) mass is 883 g/mol. The highest BCUT2D eigenvalue weighted by Crippen LogP contribution is 2.33. The van der Waals surface area contributed by atoms with Gasteiger partial charge in [0, 0.05) is 45.9 Å². The normalized spacial score (nSPS) is 21.6. The molecule has 2 aliphatic heterocycles. The van der Waals surface area contributed by atoms with Crippen LogP contribution in [0.1, 0.15) is 124 Å². The van der Waals surface area contributed by atoms with Crippen LogP contribution in [0.2, 0.25) is 0 Å². The molecule has 2 N–H and O–H groups in total. The van der Waals surface area contributed by atoms with Gasteiger partial charge >= 0.3 is 6.09 Å². The van der Waals surface area contributed by atoms with Gasteiger partial charge in [-0.15, -0.1) is 11.3 Å². The summed E-state index contributed by atoms with van der Waals surface area (Å²) in [6.07, 6.45) is 4.58. The van der Waals surface area contributed by atoms with Crippen LogP contribution in [0, 0.1) is 17.8 Å². The molecule has 4 rings (SSSR count). The van der Waals surface area contributed by atoms with E-state index >= 15 is 0 Å². The van der Waals surface area contributed by atoms with Gasteiger partial charge in [0.25, 0.3) is 0 Å². The number of likely N-dealkylation sites (N-methyl/N-ethyl adjacent to an activating group) is 1. The maximum absolute atomic E-state index is 14.6. The number of ether oxygens (including phenoxy) is 3. The fraction of sp³-hybridized carbons (Fsp3) is 0.702. The predicted octanol–water partition coefficient (Wildman–Crippen LogP) is 6.78. The molecule has 1 aromatic heterocycles. The van der Waals surface area contributed by atoms with Crippen LogP contribution in [-0.4, -0.2) is 125 Å². The zero-order valence-corrected chi connectivity index (χ0v) is 40.1. The molecular formula is C47H74N6O8S. The number of methoxy groups -OCH3 is 2. The maximum Gasteiger partial charge on any atom is 0.411 e. The average molecular weight is 883 g/mol. The molecule has 2 saturated heterocycles. The van der Waals surface area contributed by atoms with Gasteiger partial charge in [0.05, 0.1) is 42.7 Å². The molecule has 0 radical (unpaired) electrons. The number of rotatable bonds is 19. The number of benzene rings is 1. The molecule has 346 valence electrons. The molecule has 0 aliphatic carbocycles. The van der Waals surface area contributed by atoms with Crippen LogP contribution in [0.4, 0.5) is 4.79 Å². The van der Waals surface area contributed by atoms with Crippen LogP contribution >= 0.6 is 11.3 Å². The van der Waals surface area contributed by atoms with E-state index in [1.54, 1.807) is 60.1 Å². The zero-order valence-electron chi connectivity index (χ0n) is 39.3. The lowest BCUT2D eigenvalue weighted by molar-refractivity contribution is -0.148. The number of nitrogens with one attached hydrogen (secondary N) is 2. The van der Waals surface area contributed by atoms with Gasteiger partial charge in [0.2, 0.25) is 23.6 Å². The number of thiazole rings is 1. The maximum atomic E-state index is 14.6. The summed E-state index contributed by atoms with van der Waals surface area (Å²) in [5.41, 5.74) is -0.863. The Labute approximate surface area is 374 Å². The quantitative estimate of drug-likeness (QED) is 0.155. The lowest BCUT2D eigenvalue weighted by atomic mass is 9.86. The predicted molar refractivity (Wildman–Crippen MR) is 241 cm³/mol. The van der Waals surface area contributed by atoms with Gasteiger partial charge in [-0.05, 0) is 83.6 Å². The molecule has 1 aromatic carbocycles. The minimum Gasteiger partial charge on any atom is -0.444 e. The van der Waals surface area contributed by atoms with Crippen LogP contribution in [0.15, 0.2) is 41.9 Å². The molecule has 15 heteroatoms. The van der Waals surface area contributed by atoms with E-state index in [2.05, 4.69) is 15.6 Å². The largest absolute Gasteiger partial charge is 0.444 e. The van der Waals surface area contributed by atoms with Gasteiger partial charge < -0.3 is 34.6 Å². The Morgan fingerprint density at radius 2 is 1.68 bits per heavy atom. The zero-order chi connectivity index (χ0) is 45.9. The van der Waals surface area contributed by atoms with Crippen LogP contribution < -0.4 is 10.6 Å². The summed E-state index contributed by atoms with van der Waals surface area (Å²) in [5.74, 6) is -1.99. The molecule has 0 saturated carbocycles. The molecule has 62 heavy (non-hydrogen) atoms. The second kappa shape index (κ2) is 22.5. The van der Waals surface area contributed by atoms with E-state index in [9.17, 15) is 24.0 Å². The first-order valence-corrected chi connectivity index (χ1v) is 23.3. The second-order valence-electron chi connectivity index (χ2n) is 18.8. The first-order valence-electron chi connectivity index (χ1n) is 22.4. The Morgan fingerprint density at radius 3 is 2.26 bits per heavy atom. The summed E-state index contributed by atoms with van der Waals surface area (Å²) < 4.78 is 17.8. The van der Waals surface area contributed by atoms with E-state index in [1.807, 2.05) is 75.2 Å². The van der Waals surface area contributed by atoms with Crippen molar-refractivity contribution in [3.8, 4) is 0 Å². The van der Waals surface area contributed by atoms with Crippen LogP contribution in [-0.2, 0) is 39.8 Å². The summed E-state index contributed by atoms with van der Waals surface area (Å²) in [5, 5.41) is 8.99. The number of hydrogen-bond donors (Lipinski definition) is 2. The minimum absolute atomic E-state index is 0.00145. The lowest BCUT2D eigenvalue weighted by Gasteiger charge is -2.45. The van der Waals surface area contributed by atoms with Crippen molar-refractivity contribution in [2.45, 2.75) is 161 Å². The van der Waals surface area contributed by atoms with Crippen LogP contribution in [0.5, 0.6) is 0 Å². The van der Waals surface area contributed by atoms with Gasteiger partial charge in [-0.25, -0.2) is 9.78 Å². The van der Waals surface area contributed by atoms with Crippen molar-refractivity contribution < 1.29 is 38.2 Å². The van der Waals surface area contributed by atoms with Gasteiger partial charge in [0.1, 0.15) is 22.2 Å². The van der Waals surface area contributed by atoms with Gasteiger partial charge in [0.15, 0.2) is 0 Å². The number of carbonyl (C=O) groups is 5. The Morgan fingerprint density at radius 1 is 0.984 bits per heavy atom. The Balaban J connectivity index is 1.50. The number of likely N-dealkylation sites (tertiary alicyclic amines) is 2. The molecule has 14 nitrogen and oxygen atoms in total. The second-order valence-corrected chi connectivity index (χ2v) is 19.7. The summed E-state index contributed by atoms with van der Waals surface area (Å²) in [6.45, 7) is 17.7. The van der Waals surface area contributed by atoms with Crippen molar-refractivity contribution in [3.63, 3.8) is 0 Å². The average Bonchev–Trinajstić information content (AvgIpc) is 3.95. The summed E-state index contributed by atoms with van der Waals surface area (Å²) >= 11 is 1.50. The van der Waals surface area contributed by atoms with Crippen molar-refractivity contribution in [1.82, 2.24) is 30.3 Å². The highest BCUT2D eigenvalue weighted by molar-refractivity contribution is 7.09. The van der Waals surface area contributed by atoms with E-state index in [4.69, 9.17) is 14.2 Å². The molecular weight excluding hydrogens is 809 g/mol. The molecule has 0 bridgehead atoms. The van der Waals surface area contributed by atoms with Crippen molar-refractivity contribution in [1.29, 1.82) is 0 Å². The fourth-order valence-electron chi connectivity index (χ4n) is 9.06. The molecule has 9 atom stereocenters. The molecule has 3 heterocycles. The van der Waals surface area contributed by atoms with Gasteiger partial charge in [-0.1, -0.05) is 71.4 Å². The number of nitrogens with zero attached hydrogens (tertiary/aromatic N) is 4. The highest BCUT2D eigenvalue weighted by atomic mass is 32.1. The Bertz CT molecular complexity index is 1770.